The lowest BCUT2D eigenvalue weighted by atomic mass is 9.96. The van der Waals surface area contributed by atoms with Crippen molar-refractivity contribution in [1.29, 1.82) is 0 Å². The van der Waals surface area contributed by atoms with Crippen LogP contribution in [0.15, 0.2) is 67.0 Å². The molecule has 0 amide bonds. The molecule has 5 heteroatoms. The zero-order valence-electron chi connectivity index (χ0n) is 19.5. The number of likely N-dealkylation sites (tertiary alicyclic amines) is 1. The molecule has 170 valence electrons. The summed E-state index contributed by atoms with van der Waals surface area (Å²) in [5.74, 6) is 2.67. The summed E-state index contributed by atoms with van der Waals surface area (Å²) in [7, 11) is 1.74. The van der Waals surface area contributed by atoms with E-state index in [1.807, 2.05) is 24.4 Å². The molecule has 1 fully saturated rings. The molecule has 2 aromatic heterocycles. The third-order valence-electron chi connectivity index (χ3n) is 6.53. The van der Waals surface area contributed by atoms with Gasteiger partial charge in [0.1, 0.15) is 11.6 Å². The average molecular weight is 433 g/mol. The maximum Gasteiger partial charge on any atom is 0.136 e. The van der Waals surface area contributed by atoms with Crippen molar-refractivity contribution in [2.24, 2.45) is 5.92 Å². The summed E-state index contributed by atoms with van der Waals surface area (Å²) >= 11 is 0. The lowest BCUT2D eigenvalue weighted by Gasteiger charge is -2.35. The van der Waals surface area contributed by atoms with Crippen molar-refractivity contribution >= 4 is 0 Å². The summed E-state index contributed by atoms with van der Waals surface area (Å²) in [6, 6.07) is 18.9. The summed E-state index contributed by atoms with van der Waals surface area (Å²) in [6.07, 6.45) is 7.68. The van der Waals surface area contributed by atoms with Crippen LogP contribution in [-0.2, 0) is 13.0 Å². The molecular weight excluding hydrogens is 396 g/mol. The summed E-state index contributed by atoms with van der Waals surface area (Å²) in [6.45, 7) is 8.99. The first kappa shape index (κ1) is 22.6. The van der Waals surface area contributed by atoms with Crippen molar-refractivity contribution in [3.63, 3.8) is 0 Å². The fourth-order valence-electron chi connectivity index (χ4n) is 4.78. The predicted octanol–water partition coefficient (Wildman–Crippen LogP) is 4.66. The first-order chi connectivity index (χ1) is 15.7. The van der Waals surface area contributed by atoms with E-state index in [0.717, 1.165) is 50.1 Å². The van der Waals surface area contributed by atoms with Gasteiger partial charge in [0.2, 0.25) is 0 Å². The number of pyridine rings is 1. The summed E-state index contributed by atoms with van der Waals surface area (Å²) in [5, 5.41) is 0. The van der Waals surface area contributed by atoms with Gasteiger partial charge in [-0.05, 0) is 80.2 Å². The Kier molecular flexibility index (Phi) is 7.97. The standard InChI is InChI=1S/C27H36N4O/c1-3-29(22-25-11-8-17-31(25)27-13-4-5-15-28-27)20-24-10-7-16-30(21-24)18-14-23-9-6-12-26(19-23)32-2/h4-6,8-9,11-13,15,17,19,24H,3,7,10,14,16,18,20-22H2,1-2H3/t24-/m0/s1. The van der Waals surface area contributed by atoms with E-state index < -0.39 is 0 Å². The highest BCUT2D eigenvalue weighted by Crippen LogP contribution is 2.21. The van der Waals surface area contributed by atoms with Crippen molar-refractivity contribution in [3.05, 3.63) is 78.2 Å². The van der Waals surface area contributed by atoms with Crippen molar-refractivity contribution in [2.45, 2.75) is 32.7 Å². The van der Waals surface area contributed by atoms with Gasteiger partial charge in [0.15, 0.2) is 0 Å². The smallest absolute Gasteiger partial charge is 0.136 e. The zero-order valence-corrected chi connectivity index (χ0v) is 19.5. The molecule has 0 saturated carbocycles. The molecule has 0 aliphatic carbocycles. The summed E-state index contributed by atoms with van der Waals surface area (Å²) in [4.78, 5) is 9.77. The van der Waals surface area contributed by atoms with Gasteiger partial charge in [-0.15, -0.1) is 0 Å². The Hall–Kier alpha value is -2.63. The Morgan fingerprint density at radius 2 is 2.06 bits per heavy atom. The monoisotopic (exact) mass is 432 g/mol. The number of ether oxygens (including phenoxy) is 1. The van der Waals surface area contributed by atoms with Gasteiger partial charge in [0.05, 0.1) is 7.11 Å². The molecule has 0 unspecified atom stereocenters. The van der Waals surface area contributed by atoms with E-state index in [1.165, 1.54) is 37.2 Å². The van der Waals surface area contributed by atoms with Gasteiger partial charge in [0.25, 0.3) is 0 Å². The van der Waals surface area contributed by atoms with E-state index in [2.05, 4.69) is 68.9 Å². The summed E-state index contributed by atoms with van der Waals surface area (Å²) < 4.78 is 7.59. The number of hydrogen-bond acceptors (Lipinski definition) is 4. The van der Waals surface area contributed by atoms with Gasteiger partial charge in [-0.2, -0.15) is 0 Å². The Bertz CT molecular complexity index is 955. The van der Waals surface area contributed by atoms with Crippen LogP contribution in [0.2, 0.25) is 0 Å². The number of benzene rings is 1. The maximum absolute atomic E-state index is 5.37. The molecule has 1 aliphatic heterocycles. The fourth-order valence-corrected chi connectivity index (χ4v) is 4.78. The average Bonchev–Trinajstić information content (AvgIpc) is 3.31. The number of methoxy groups -OCH3 is 1. The van der Waals surface area contributed by atoms with Crippen LogP contribution in [0.5, 0.6) is 5.75 Å². The second-order valence-corrected chi connectivity index (χ2v) is 8.80. The summed E-state index contributed by atoms with van der Waals surface area (Å²) in [5.41, 5.74) is 2.66. The van der Waals surface area contributed by atoms with E-state index in [4.69, 9.17) is 4.74 Å². The van der Waals surface area contributed by atoms with E-state index in [1.54, 1.807) is 7.11 Å². The minimum atomic E-state index is 0.729. The number of piperidine rings is 1. The van der Waals surface area contributed by atoms with Gasteiger partial charge in [-0.3, -0.25) is 4.90 Å². The van der Waals surface area contributed by atoms with Crippen LogP contribution in [-0.4, -0.2) is 59.2 Å². The molecule has 1 atom stereocenters. The largest absolute Gasteiger partial charge is 0.497 e. The van der Waals surface area contributed by atoms with Crippen LogP contribution < -0.4 is 4.74 Å². The highest BCUT2D eigenvalue weighted by atomic mass is 16.5. The van der Waals surface area contributed by atoms with Crippen molar-refractivity contribution < 1.29 is 4.74 Å². The molecule has 4 rings (SSSR count). The number of hydrogen-bond donors (Lipinski definition) is 0. The minimum Gasteiger partial charge on any atom is -0.497 e. The van der Waals surface area contributed by atoms with Crippen LogP contribution >= 0.6 is 0 Å². The molecule has 1 aliphatic rings. The molecule has 1 saturated heterocycles. The second-order valence-electron chi connectivity index (χ2n) is 8.80. The third-order valence-corrected chi connectivity index (χ3v) is 6.53. The molecule has 3 aromatic rings. The molecule has 5 nitrogen and oxygen atoms in total. The van der Waals surface area contributed by atoms with Gasteiger partial charge in [0, 0.05) is 44.3 Å². The molecule has 0 spiro atoms. The Labute approximate surface area is 192 Å². The number of nitrogens with zero attached hydrogens (tertiary/aromatic N) is 4. The van der Waals surface area contributed by atoms with Gasteiger partial charge >= 0.3 is 0 Å². The molecule has 0 radical (unpaired) electrons. The molecule has 0 N–H and O–H groups in total. The molecule has 3 heterocycles. The van der Waals surface area contributed by atoms with Gasteiger partial charge in [-0.25, -0.2) is 4.98 Å². The van der Waals surface area contributed by atoms with Crippen molar-refractivity contribution in [3.8, 4) is 11.6 Å². The van der Waals surface area contributed by atoms with Crippen LogP contribution in [0.4, 0.5) is 0 Å². The van der Waals surface area contributed by atoms with Gasteiger partial charge in [-0.1, -0.05) is 25.1 Å². The Morgan fingerprint density at radius 1 is 1.12 bits per heavy atom. The third kappa shape index (κ3) is 5.99. The molecule has 0 bridgehead atoms. The maximum atomic E-state index is 5.37. The quantitative estimate of drug-likeness (QED) is 0.467. The van der Waals surface area contributed by atoms with Crippen LogP contribution in [0.1, 0.15) is 31.0 Å². The SMILES string of the molecule is CCN(Cc1cccn1-c1ccccn1)C[C@@H]1CCCN(CCc2cccc(OC)c2)C1. The normalized spacial score (nSPS) is 17.0. The zero-order chi connectivity index (χ0) is 22.2. The van der Waals surface area contributed by atoms with E-state index in [-0.39, 0.29) is 0 Å². The topological polar surface area (TPSA) is 33.5 Å². The Balaban J connectivity index is 1.31. The molecule has 32 heavy (non-hydrogen) atoms. The second kappa shape index (κ2) is 11.3. The highest BCUT2D eigenvalue weighted by Gasteiger charge is 2.22. The van der Waals surface area contributed by atoms with Gasteiger partial charge < -0.3 is 14.2 Å². The predicted molar refractivity (Wildman–Crippen MR) is 130 cm³/mol. The Morgan fingerprint density at radius 3 is 2.88 bits per heavy atom. The van der Waals surface area contributed by atoms with Crippen LogP contribution in [0, 0.1) is 5.92 Å². The van der Waals surface area contributed by atoms with Crippen LogP contribution in [0.25, 0.3) is 5.82 Å². The number of rotatable bonds is 10. The lowest BCUT2D eigenvalue weighted by molar-refractivity contribution is 0.132. The van der Waals surface area contributed by atoms with Crippen molar-refractivity contribution in [2.75, 3.05) is 39.8 Å². The van der Waals surface area contributed by atoms with E-state index >= 15 is 0 Å². The molecule has 1 aromatic carbocycles. The van der Waals surface area contributed by atoms with E-state index in [0.29, 0.717) is 0 Å². The minimum absolute atomic E-state index is 0.729. The first-order valence-corrected chi connectivity index (χ1v) is 11.9. The van der Waals surface area contributed by atoms with Crippen molar-refractivity contribution in [1.82, 2.24) is 19.4 Å². The van der Waals surface area contributed by atoms with Crippen LogP contribution in [0.3, 0.4) is 0 Å². The van der Waals surface area contributed by atoms with E-state index in [9.17, 15) is 0 Å². The fraction of sp³-hybridized carbons (Fsp3) is 0.444. The number of aromatic nitrogens is 2. The highest BCUT2D eigenvalue weighted by molar-refractivity contribution is 5.29. The first-order valence-electron chi connectivity index (χ1n) is 11.9. The lowest BCUT2D eigenvalue weighted by Crippen LogP contribution is -2.41. The molecular formula is C27H36N4O.